The molecule has 1 N–H and O–H groups in total. The molecule has 0 bridgehead atoms. The van der Waals surface area contributed by atoms with Crippen LogP contribution in [0, 0.1) is 20.8 Å². The molecule has 0 spiro atoms. The number of nitrogens with one attached hydrogen (secondary N) is 1. The van der Waals surface area contributed by atoms with Crippen molar-refractivity contribution in [1.29, 1.82) is 0 Å². The van der Waals surface area contributed by atoms with Crippen LogP contribution in [0.3, 0.4) is 0 Å². The minimum Gasteiger partial charge on any atom is -0.279 e. The average molecular weight is 443 g/mol. The molecule has 0 atom stereocenters. The molecule has 2 heterocycles. The lowest BCUT2D eigenvalue weighted by Gasteiger charge is -2.12. The van der Waals surface area contributed by atoms with Gasteiger partial charge in [-0.05, 0) is 56.7 Å². The molecule has 0 fully saturated rings. The highest BCUT2D eigenvalue weighted by Gasteiger charge is 2.21. The summed E-state index contributed by atoms with van der Waals surface area (Å²) in [4.78, 5) is 6.71. The van der Waals surface area contributed by atoms with Gasteiger partial charge in [0.15, 0.2) is 0 Å². The number of nitrogens with zero attached hydrogens (tertiary/aromatic N) is 1. The van der Waals surface area contributed by atoms with Crippen LogP contribution in [0.25, 0.3) is 21.3 Å². The molecule has 0 aliphatic carbocycles. The molecule has 4 aromatic rings. The third kappa shape index (κ3) is 3.88. The molecular weight excluding hydrogens is 424 g/mol. The van der Waals surface area contributed by atoms with Gasteiger partial charge in [-0.15, -0.1) is 11.3 Å². The molecule has 0 radical (unpaired) electrons. The number of rotatable bonds is 4. The van der Waals surface area contributed by atoms with Crippen molar-refractivity contribution in [1.82, 2.24) is 4.98 Å². The Morgan fingerprint density at radius 3 is 2.41 bits per heavy atom. The van der Waals surface area contributed by atoms with Crippen molar-refractivity contribution in [3.8, 4) is 11.1 Å². The maximum absolute atomic E-state index is 13.0. The molecule has 2 aromatic heterocycles. The molecule has 4 rings (SSSR count). The molecule has 7 heteroatoms. The lowest BCUT2D eigenvalue weighted by Crippen LogP contribution is -2.13. The van der Waals surface area contributed by atoms with Gasteiger partial charge in [0.2, 0.25) is 0 Å². The number of thiophene rings is 1. The Morgan fingerprint density at radius 1 is 1.00 bits per heavy atom. The van der Waals surface area contributed by atoms with Crippen molar-refractivity contribution in [2.24, 2.45) is 0 Å². The van der Waals surface area contributed by atoms with Crippen LogP contribution in [0.1, 0.15) is 16.1 Å². The van der Waals surface area contributed by atoms with Crippen molar-refractivity contribution in [3.05, 3.63) is 75.8 Å². The lowest BCUT2D eigenvalue weighted by molar-refractivity contribution is 0.601. The van der Waals surface area contributed by atoms with Gasteiger partial charge >= 0.3 is 0 Å². The third-order valence-corrected chi connectivity index (χ3v) is 7.27. The average Bonchev–Trinajstić information content (AvgIpc) is 2.97. The number of sulfonamides is 1. The SMILES string of the molecule is Cc1cccc(-c2c(C)sc3nc(C)cc(NS(=O)(=O)c4ccc(Cl)cc4)c23)c1. The van der Waals surface area contributed by atoms with E-state index in [-0.39, 0.29) is 4.90 Å². The number of fused-ring (bicyclic) bond motifs is 1. The number of aromatic nitrogens is 1. The Hall–Kier alpha value is -2.41. The topological polar surface area (TPSA) is 59.1 Å². The Kier molecular flexibility index (Phi) is 5.11. The number of anilines is 1. The molecule has 29 heavy (non-hydrogen) atoms. The summed E-state index contributed by atoms with van der Waals surface area (Å²) in [7, 11) is -3.77. The van der Waals surface area contributed by atoms with Gasteiger partial charge in [-0.25, -0.2) is 13.4 Å². The Balaban J connectivity index is 1.91. The van der Waals surface area contributed by atoms with Gasteiger partial charge < -0.3 is 0 Å². The van der Waals surface area contributed by atoms with Crippen LogP contribution in [-0.4, -0.2) is 13.4 Å². The van der Waals surface area contributed by atoms with Gasteiger partial charge in [0.05, 0.1) is 10.6 Å². The van der Waals surface area contributed by atoms with Crippen LogP contribution in [0.15, 0.2) is 59.5 Å². The second-order valence-electron chi connectivity index (χ2n) is 6.95. The molecule has 4 nitrogen and oxygen atoms in total. The number of hydrogen-bond acceptors (Lipinski definition) is 4. The summed E-state index contributed by atoms with van der Waals surface area (Å²) in [6.45, 7) is 5.94. The highest BCUT2D eigenvalue weighted by Crippen LogP contribution is 2.42. The largest absolute Gasteiger partial charge is 0.279 e. The highest BCUT2D eigenvalue weighted by molar-refractivity contribution is 7.92. The van der Waals surface area contributed by atoms with E-state index in [2.05, 4.69) is 15.8 Å². The van der Waals surface area contributed by atoms with Crippen molar-refractivity contribution in [2.75, 3.05) is 4.72 Å². The second kappa shape index (κ2) is 7.44. The van der Waals surface area contributed by atoms with E-state index in [9.17, 15) is 8.42 Å². The zero-order valence-corrected chi connectivity index (χ0v) is 18.5. The van der Waals surface area contributed by atoms with Crippen LogP contribution in [0.2, 0.25) is 5.02 Å². The van der Waals surface area contributed by atoms with E-state index in [1.165, 1.54) is 12.1 Å². The number of pyridine rings is 1. The number of aryl methyl sites for hydroxylation is 3. The standard InChI is InChI=1S/C22H19ClN2O2S2/c1-13-5-4-6-16(11-13)20-15(3)28-22-21(20)19(12-14(2)24-22)25-29(26,27)18-9-7-17(23)8-10-18/h4-12H,1-3H3,(H,24,25). The summed E-state index contributed by atoms with van der Waals surface area (Å²) < 4.78 is 28.8. The maximum atomic E-state index is 13.0. The van der Waals surface area contributed by atoms with Crippen LogP contribution >= 0.6 is 22.9 Å². The van der Waals surface area contributed by atoms with Gasteiger partial charge in [-0.1, -0.05) is 41.4 Å². The van der Waals surface area contributed by atoms with E-state index < -0.39 is 10.0 Å². The first kappa shape index (κ1) is 19.9. The number of hydrogen-bond donors (Lipinski definition) is 1. The van der Waals surface area contributed by atoms with Gasteiger partial charge in [0, 0.05) is 26.5 Å². The normalized spacial score (nSPS) is 11.7. The fourth-order valence-corrected chi connectivity index (χ4v) is 5.68. The Labute approximate surface area is 179 Å². The van der Waals surface area contributed by atoms with Crippen molar-refractivity contribution in [2.45, 2.75) is 25.7 Å². The minimum absolute atomic E-state index is 0.161. The van der Waals surface area contributed by atoms with Crippen LogP contribution in [0.5, 0.6) is 0 Å². The van der Waals surface area contributed by atoms with Gasteiger partial charge in [0.1, 0.15) is 4.83 Å². The summed E-state index contributed by atoms with van der Waals surface area (Å²) in [5.41, 5.74) is 4.48. The molecule has 0 saturated carbocycles. The highest BCUT2D eigenvalue weighted by atomic mass is 35.5. The second-order valence-corrected chi connectivity index (χ2v) is 10.3. The first-order chi connectivity index (χ1) is 13.7. The van der Waals surface area contributed by atoms with Gasteiger partial charge in [-0.2, -0.15) is 0 Å². The third-order valence-electron chi connectivity index (χ3n) is 4.64. The molecule has 2 aromatic carbocycles. The van der Waals surface area contributed by atoms with E-state index in [4.69, 9.17) is 11.6 Å². The zero-order valence-electron chi connectivity index (χ0n) is 16.2. The van der Waals surface area contributed by atoms with Crippen LogP contribution in [-0.2, 0) is 10.0 Å². The summed E-state index contributed by atoms with van der Waals surface area (Å²) in [6, 6.07) is 16.1. The van der Waals surface area contributed by atoms with E-state index in [0.717, 1.165) is 37.5 Å². The summed E-state index contributed by atoms with van der Waals surface area (Å²) >= 11 is 7.47. The fourth-order valence-electron chi connectivity index (χ4n) is 3.38. The lowest BCUT2D eigenvalue weighted by atomic mass is 10.0. The van der Waals surface area contributed by atoms with Crippen molar-refractivity contribution >= 4 is 48.9 Å². The van der Waals surface area contributed by atoms with Crippen molar-refractivity contribution in [3.63, 3.8) is 0 Å². The first-order valence-corrected chi connectivity index (χ1v) is 11.7. The molecule has 0 aliphatic rings. The van der Waals surface area contributed by atoms with Gasteiger partial charge in [0.25, 0.3) is 10.0 Å². The molecule has 0 saturated heterocycles. The summed E-state index contributed by atoms with van der Waals surface area (Å²) in [5.74, 6) is 0. The predicted octanol–water partition coefficient (Wildman–Crippen LogP) is 6.34. The van der Waals surface area contributed by atoms with E-state index in [1.807, 2.05) is 39.0 Å². The number of benzene rings is 2. The Bertz CT molecular complexity index is 1330. The Morgan fingerprint density at radius 2 is 1.72 bits per heavy atom. The molecule has 0 aliphatic heterocycles. The summed E-state index contributed by atoms with van der Waals surface area (Å²) in [5, 5.41) is 1.31. The zero-order chi connectivity index (χ0) is 20.8. The van der Waals surface area contributed by atoms with E-state index in [1.54, 1.807) is 29.5 Å². The fraction of sp³-hybridized carbons (Fsp3) is 0.136. The predicted molar refractivity (Wildman–Crippen MR) is 122 cm³/mol. The van der Waals surface area contributed by atoms with E-state index in [0.29, 0.717) is 10.7 Å². The first-order valence-electron chi connectivity index (χ1n) is 9.01. The molecule has 0 amide bonds. The van der Waals surface area contributed by atoms with Crippen molar-refractivity contribution < 1.29 is 8.42 Å². The van der Waals surface area contributed by atoms with Gasteiger partial charge in [-0.3, -0.25) is 4.72 Å². The van der Waals surface area contributed by atoms with Crippen LogP contribution < -0.4 is 4.72 Å². The molecule has 0 unspecified atom stereocenters. The summed E-state index contributed by atoms with van der Waals surface area (Å²) in [6.07, 6.45) is 0. The molecule has 148 valence electrons. The smallest absolute Gasteiger partial charge is 0.261 e. The van der Waals surface area contributed by atoms with Crippen LogP contribution in [0.4, 0.5) is 5.69 Å². The van der Waals surface area contributed by atoms with E-state index >= 15 is 0 Å². The quantitative estimate of drug-likeness (QED) is 0.401. The molecular formula is C22H19ClN2O2S2. The monoisotopic (exact) mass is 442 g/mol. The number of halogens is 1. The minimum atomic E-state index is -3.77. The maximum Gasteiger partial charge on any atom is 0.261 e.